The first kappa shape index (κ1) is 28.5. The summed E-state index contributed by atoms with van der Waals surface area (Å²) < 4.78 is 29.5. The van der Waals surface area contributed by atoms with Crippen LogP contribution in [0, 0.1) is 5.82 Å². The largest absolute Gasteiger partial charge is 0.451 e. The number of amides is 1. The van der Waals surface area contributed by atoms with Crippen molar-refractivity contribution in [3.05, 3.63) is 82.4 Å². The van der Waals surface area contributed by atoms with E-state index in [4.69, 9.17) is 9.47 Å². The molecule has 3 aliphatic rings. The number of hydrogen-bond acceptors (Lipinski definition) is 7. The zero-order valence-corrected chi connectivity index (χ0v) is 24.9. The number of carbonyl (C=O) groups is 1. The second kappa shape index (κ2) is 12.0. The van der Waals surface area contributed by atoms with Crippen LogP contribution >= 0.6 is 0 Å². The Morgan fingerprint density at radius 2 is 1.73 bits per heavy atom. The standard InChI is InChI=1S/C34H36FN5O4/c1-37-12-14-39(15-13-37)34(42)26-22-40-28-20-24(23-6-3-2-4-7-23)8-9-29(28)44-33-30(27(35)21-25(31(33)40)32(26)41)36-10-5-11-38-16-18-43-19-17-38/h2-4,6-9,20-22,36H,5,10-19H2,1H3. The molecule has 3 aliphatic heterocycles. The summed E-state index contributed by atoms with van der Waals surface area (Å²) in [5.74, 6) is -0.159. The first-order valence-electron chi connectivity index (χ1n) is 15.3. The summed E-state index contributed by atoms with van der Waals surface area (Å²) in [6.07, 6.45) is 2.42. The molecule has 228 valence electrons. The number of anilines is 1. The molecule has 0 spiro atoms. The Kier molecular flexibility index (Phi) is 7.80. The van der Waals surface area contributed by atoms with Gasteiger partial charge in [0.2, 0.25) is 5.43 Å². The Labute approximate surface area is 255 Å². The van der Waals surface area contributed by atoms with Gasteiger partial charge in [0.05, 0.1) is 24.3 Å². The lowest BCUT2D eigenvalue weighted by Crippen LogP contribution is -2.48. The maximum atomic E-state index is 15.9. The van der Waals surface area contributed by atoms with Gasteiger partial charge in [-0.25, -0.2) is 4.39 Å². The monoisotopic (exact) mass is 597 g/mol. The molecule has 0 saturated carbocycles. The fourth-order valence-corrected chi connectivity index (χ4v) is 6.27. The number of ether oxygens (including phenoxy) is 2. The molecule has 0 bridgehead atoms. The molecule has 4 aromatic rings. The van der Waals surface area contributed by atoms with Crippen molar-refractivity contribution in [2.24, 2.45) is 0 Å². The molecule has 2 fully saturated rings. The maximum Gasteiger partial charge on any atom is 0.259 e. The molecular formula is C34H36FN5O4. The number of piperazine rings is 1. The molecule has 4 heterocycles. The molecule has 10 heteroatoms. The Morgan fingerprint density at radius 1 is 0.955 bits per heavy atom. The molecule has 2 saturated heterocycles. The number of halogens is 1. The number of nitrogens with one attached hydrogen (secondary N) is 1. The minimum absolute atomic E-state index is 0.0246. The number of pyridine rings is 1. The van der Waals surface area contributed by atoms with Gasteiger partial charge in [-0.05, 0) is 49.3 Å². The smallest absolute Gasteiger partial charge is 0.259 e. The van der Waals surface area contributed by atoms with E-state index in [0.717, 1.165) is 63.5 Å². The number of nitrogens with zero attached hydrogens (tertiary/aromatic N) is 4. The van der Waals surface area contributed by atoms with Gasteiger partial charge < -0.3 is 29.2 Å². The van der Waals surface area contributed by atoms with E-state index >= 15 is 4.39 Å². The van der Waals surface area contributed by atoms with Crippen molar-refractivity contribution in [2.75, 3.05) is 77.9 Å². The average Bonchev–Trinajstić information content (AvgIpc) is 3.06. The predicted molar refractivity (Wildman–Crippen MR) is 169 cm³/mol. The molecule has 0 unspecified atom stereocenters. The first-order valence-corrected chi connectivity index (χ1v) is 15.3. The van der Waals surface area contributed by atoms with Crippen LogP contribution in [-0.2, 0) is 4.74 Å². The lowest BCUT2D eigenvalue weighted by Gasteiger charge is -2.32. The topological polar surface area (TPSA) is 79.3 Å². The van der Waals surface area contributed by atoms with Crippen LogP contribution in [0.5, 0.6) is 11.5 Å². The maximum absolute atomic E-state index is 15.9. The summed E-state index contributed by atoms with van der Waals surface area (Å²) in [7, 11) is 2.01. The number of fused-ring (bicyclic) bond motifs is 2. The fourth-order valence-electron chi connectivity index (χ4n) is 6.27. The third kappa shape index (κ3) is 5.34. The number of aromatic nitrogens is 1. The Morgan fingerprint density at radius 3 is 2.50 bits per heavy atom. The second-order valence-electron chi connectivity index (χ2n) is 11.7. The van der Waals surface area contributed by atoms with Gasteiger partial charge in [0, 0.05) is 52.0 Å². The molecule has 0 atom stereocenters. The summed E-state index contributed by atoms with van der Waals surface area (Å²) in [4.78, 5) is 33.8. The van der Waals surface area contributed by atoms with Crippen LogP contribution in [0.1, 0.15) is 16.8 Å². The number of carbonyl (C=O) groups excluding carboxylic acids is 1. The van der Waals surface area contributed by atoms with Crippen LogP contribution in [0.25, 0.3) is 27.7 Å². The highest BCUT2D eigenvalue weighted by Crippen LogP contribution is 2.46. The van der Waals surface area contributed by atoms with Crippen LogP contribution in [0.4, 0.5) is 10.1 Å². The van der Waals surface area contributed by atoms with Crippen LogP contribution in [0.2, 0.25) is 0 Å². The molecule has 1 aromatic heterocycles. The molecule has 9 nitrogen and oxygen atoms in total. The van der Waals surface area contributed by atoms with Crippen LogP contribution in [0.15, 0.2) is 65.6 Å². The average molecular weight is 598 g/mol. The van der Waals surface area contributed by atoms with Gasteiger partial charge in [0.15, 0.2) is 17.3 Å². The van der Waals surface area contributed by atoms with Gasteiger partial charge in [-0.15, -0.1) is 0 Å². The van der Waals surface area contributed by atoms with Crippen LogP contribution in [-0.4, -0.2) is 97.8 Å². The highest BCUT2D eigenvalue weighted by molar-refractivity contribution is 6.01. The van der Waals surface area contributed by atoms with Crippen molar-refractivity contribution in [3.8, 4) is 28.3 Å². The third-order valence-electron chi connectivity index (χ3n) is 8.81. The molecule has 1 amide bonds. The number of hydrogen-bond donors (Lipinski definition) is 1. The van der Waals surface area contributed by atoms with Crippen molar-refractivity contribution in [1.29, 1.82) is 0 Å². The van der Waals surface area contributed by atoms with Crippen LogP contribution in [0.3, 0.4) is 0 Å². The van der Waals surface area contributed by atoms with Gasteiger partial charge in [-0.3, -0.25) is 14.5 Å². The van der Waals surface area contributed by atoms with E-state index in [1.165, 1.54) is 6.07 Å². The summed E-state index contributed by atoms with van der Waals surface area (Å²) >= 11 is 0. The molecule has 44 heavy (non-hydrogen) atoms. The lowest BCUT2D eigenvalue weighted by molar-refractivity contribution is 0.0378. The van der Waals surface area contributed by atoms with Crippen molar-refractivity contribution >= 4 is 22.5 Å². The van der Waals surface area contributed by atoms with Gasteiger partial charge >= 0.3 is 0 Å². The van der Waals surface area contributed by atoms with E-state index in [0.29, 0.717) is 36.6 Å². The van der Waals surface area contributed by atoms with E-state index in [1.807, 2.05) is 60.1 Å². The quantitative estimate of drug-likeness (QED) is 0.278. The van der Waals surface area contributed by atoms with Gasteiger partial charge in [-0.2, -0.15) is 0 Å². The molecule has 0 aliphatic carbocycles. The van der Waals surface area contributed by atoms with E-state index in [2.05, 4.69) is 15.1 Å². The zero-order chi connectivity index (χ0) is 30.2. The van der Waals surface area contributed by atoms with Crippen molar-refractivity contribution in [2.45, 2.75) is 6.42 Å². The van der Waals surface area contributed by atoms with Gasteiger partial charge in [0.25, 0.3) is 5.91 Å². The molecule has 0 radical (unpaired) electrons. The number of benzene rings is 3. The number of rotatable bonds is 7. The minimum Gasteiger partial charge on any atom is -0.451 e. The van der Waals surface area contributed by atoms with Crippen molar-refractivity contribution in [3.63, 3.8) is 0 Å². The van der Waals surface area contributed by atoms with Crippen LogP contribution < -0.4 is 15.5 Å². The predicted octanol–water partition coefficient (Wildman–Crippen LogP) is 4.42. The number of morpholine rings is 1. The van der Waals surface area contributed by atoms with E-state index in [-0.39, 0.29) is 28.3 Å². The van der Waals surface area contributed by atoms with Crippen molar-refractivity contribution in [1.82, 2.24) is 19.3 Å². The minimum atomic E-state index is -0.587. The third-order valence-corrected chi connectivity index (χ3v) is 8.81. The SMILES string of the molecule is CN1CCN(C(=O)c2cn3c4c(c(NCCCN5CCOCC5)c(F)cc4c2=O)Oc2ccc(-c4ccccc4)cc2-3)CC1. The van der Waals surface area contributed by atoms with Gasteiger partial charge in [-0.1, -0.05) is 36.4 Å². The molecule has 1 N–H and O–H groups in total. The molecule has 3 aromatic carbocycles. The summed E-state index contributed by atoms with van der Waals surface area (Å²) in [5, 5.41) is 3.37. The summed E-state index contributed by atoms with van der Waals surface area (Å²) in [6, 6.07) is 17.0. The summed E-state index contributed by atoms with van der Waals surface area (Å²) in [6.45, 7) is 7.14. The second-order valence-corrected chi connectivity index (χ2v) is 11.7. The van der Waals surface area contributed by atoms with Crippen molar-refractivity contribution < 1.29 is 18.7 Å². The fraction of sp³-hybridized carbons (Fsp3) is 0.353. The lowest BCUT2D eigenvalue weighted by atomic mass is 10.0. The normalized spacial score (nSPS) is 16.9. The highest BCUT2D eigenvalue weighted by Gasteiger charge is 2.30. The Bertz CT molecular complexity index is 1760. The van der Waals surface area contributed by atoms with E-state index < -0.39 is 11.2 Å². The Balaban J connectivity index is 1.31. The van der Waals surface area contributed by atoms with Gasteiger partial charge in [0.1, 0.15) is 16.8 Å². The molecular weight excluding hydrogens is 561 g/mol. The first-order chi connectivity index (χ1) is 21.5. The van der Waals surface area contributed by atoms with E-state index in [9.17, 15) is 9.59 Å². The highest BCUT2D eigenvalue weighted by atomic mass is 19.1. The summed E-state index contributed by atoms with van der Waals surface area (Å²) in [5.41, 5.74) is 2.85. The number of likely N-dealkylation sites (N-methyl/N-ethyl adjacent to an activating group) is 1. The van der Waals surface area contributed by atoms with E-state index in [1.54, 1.807) is 11.1 Å². The zero-order valence-electron chi connectivity index (χ0n) is 24.9. The Hall–Kier alpha value is -4.25. The molecule has 7 rings (SSSR count).